The molecule has 2 aromatic carbocycles. The molecule has 1 aliphatic heterocycles. The smallest absolute Gasteiger partial charge is 0.354 e. The Bertz CT molecular complexity index is 1310. The molecule has 0 bridgehead atoms. The summed E-state index contributed by atoms with van der Waals surface area (Å²) in [6.07, 6.45) is -2.99. The van der Waals surface area contributed by atoms with Crippen molar-refractivity contribution >= 4 is 35.1 Å². The summed E-state index contributed by atoms with van der Waals surface area (Å²) in [7, 11) is 3.52. The lowest BCUT2D eigenvalue weighted by atomic mass is 10.0. The van der Waals surface area contributed by atoms with E-state index in [0.29, 0.717) is 24.5 Å². The lowest BCUT2D eigenvalue weighted by molar-refractivity contribution is -0.138. The van der Waals surface area contributed by atoms with Gasteiger partial charge in [0.25, 0.3) is 5.91 Å². The Hall–Kier alpha value is -3.61. The highest BCUT2D eigenvalue weighted by molar-refractivity contribution is 7.99. The predicted octanol–water partition coefficient (Wildman–Crippen LogP) is 5.00. The van der Waals surface area contributed by atoms with Gasteiger partial charge in [0, 0.05) is 67.1 Å². The van der Waals surface area contributed by atoms with Crippen molar-refractivity contribution in [1.29, 1.82) is 0 Å². The molecule has 0 aliphatic carbocycles. The molecule has 12 heteroatoms. The van der Waals surface area contributed by atoms with Crippen LogP contribution in [0.1, 0.15) is 21.6 Å². The Morgan fingerprint density at radius 1 is 0.923 bits per heavy atom. The second kappa shape index (κ2) is 12.5. The number of amides is 3. The van der Waals surface area contributed by atoms with Crippen LogP contribution in [0.4, 0.5) is 29.3 Å². The molecule has 0 unspecified atom stereocenters. The average Bonchev–Trinajstić information content (AvgIpc) is 2.91. The van der Waals surface area contributed by atoms with Crippen molar-refractivity contribution in [2.24, 2.45) is 0 Å². The van der Waals surface area contributed by atoms with Gasteiger partial charge in [-0.2, -0.15) is 13.2 Å². The zero-order chi connectivity index (χ0) is 28.0. The minimum atomic E-state index is -4.54. The first kappa shape index (κ1) is 28.4. The molecule has 0 saturated carbocycles. The molecule has 0 radical (unpaired) electrons. The number of piperazine rings is 1. The average molecular weight is 559 g/mol. The van der Waals surface area contributed by atoms with E-state index in [1.165, 1.54) is 30.9 Å². The van der Waals surface area contributed by atoms with E-state index < -0.39 is 17.8 Å². The van der Waals surface area contributed by atoms with Crippen molar-refractivity contribution in [3.63, 3.8) is 0 Å². The Balaban J connectivity index is 1.37. The highest BCUT2D eigenvalue weighted by Crippen LogP contribution is 2.35. The molecule has 1 aromatic heterocycles. The van der Waals surface area contributed by atoms with Crippen LogP contribution >= 0.6 is 11.8 Å². The topological polar surface area (TPSA) is 89.6 Å². The predicted molar refractivity (Wildman–Crippen MR) is 145 cm³/mol. The van der Waals surface area contributed by atoms with Crippen LogP contribution in [0.25, 0.3) is 0 Å². The number of likely N-dealkylation sites (N-methyl/N-ethyl adjacent to an activating group) is 1. The van der Waals surface area contributed by atoms with E-state index in [4.69, 9.17) is 0 Å². The van der Waals surface area contributed by atoms with Gasteiger partial charge in [0.2, 0.25) is 0 Å². The highest BCUT2D eigenvalue weighted by Gasteiger charge is 2.34. The van der Waals surface area contributed by atoms with E-state index in [1.54, 1.807) is 42.6 Å². The van der Waals surface area contributed by atoms with E-state index in [0.717, 1.165) is 28.9 Å². The van der Waals surface area contributed by atoms with Crippen LogP contribution in [0.3, 0.4) is 0 Å². The summed E-state index contributed by atoms with van der Waals surface area (Å²) in [4.78, 5) is 34.2. The van der Waals surface area contributed by atoms with Gasteiger partial charge in [-0.25, -0.2) is 4.79 Å². The largest absolute Gasteiger partial charge is 0.416 e. The number of urea groups is 1. The SMILES string of the molecule is CNC(=O)c1cc(Sc2ccc(NC(=O)Nc3ccc(CN4CCN(C)CC4)c(C(F)(F)F)c3)cc2)ccn1. The number of anilines is 2. The van der Waals surface area contributed by atoms with Gasteiger partial charge in [0.1, 0.15) is 5.69 Å². The van der Waals surface area contributed by atoms with Crippen LogP contribution in [-0.4, -0.2) is 67.0 Å². The summed E-state index contributed by atoms with van der Waals surface area (Å²) in [5, 5.41) is 7.67. The van der Waals surface area contributed by atoms with Gasteiger partial charge >= 0.3 is 12.2 Å². The van der Waals surface area contributed by atoms with Crippen molar-refractivity contribution in [3.8, 4) is 0 Å². The molecule has 1 fully saturated rings. The van der Waals surface area contributed by atoms with Gasteiger partial charge in [-0.1, -0.05) is 17.8 Å². The first-order valence-electron chi connectivity index (χ1n) is 12.3. The summed E-state index contributed by atoms with van der Waals surface area (Å²) in [5.41, 5.74) is 0.261. The van der Waals surface area contributed by atoms with Crippen molar-refractivity contribution in [1.82, 2.24) is 20.1 Å². The van der Waals surface area contributed by atoms with E-state index >= 15 is 0 Å². The van der Waals surface area contributed by atoms with Crippen molar-refractivity contribution < 1.29 is 22.8 Å². The van der Waals surface area contributed by atoms with Gasteiger partial charge in [0.05, 0.1) is 5.56 Å². The zero-order valence-electron chi connectivity index (χ0n) is 21.5. The minimum absolute atomic E-state index is 0.0544. The minimum Gasteiger partial charge on any atom is -0.354 e. The van der Waals surface area contributed by atoms with E-state index in [9.17, 15) is 22.8 Å². The number of benzene rings is 2. The second-order valence-electron chi connectivity index (χ2n) is 9.11. The standard InChI is InChI=1S/C27H29F3N6O2S/c1-31-25(37)24-16-22(9-10-32-24)39-21-7-5-19(6-8-21)33-26(38)34-20-4-3-18(23(15-20)27(28,29)30)17-36-13-11-35(2)12-14-36/h3-10,15-16H,11-14,17H2,1-2H3,(H,31,37)(H2,33,34,38). The van der Waals surface area contributed by atoms with E-state index in [-0.39, 0.29) is 23.7 Å². The van der Waals surface area contributed by atoms with E-state index in [2.05, 4.69) is 25.8 Å². The molecule has 206 valence electrons. The van der Waals surface area contributed by atoms with Gasteiger partial charge in [-0.15, -0.1) is 0 Å². The second-order valence-corrected chi connectivity index (χ2v) is 10.3. The number of aromatic nitrogens is 1. The van der Waals surface area contributed by atoms with Crippen LogP contribution in [0, 0.1) is 0 Å². The maximum atomic E-state index is 13.8. The molecular formula is C27H29F3N6O2S. The quantitative estimate of drug-likeness (QED) is 0.378. The zero-order valence-corrected chi connectivity index (χ0v) is 22.3. The Kier molecular flexibility index (Phi) is 9.10. The fourth-order valence-electron chi connectivity index (χ4n) is 4.07. The molecule has 4 rings (SSSR count). The number of hydrogen-bond acceptors (Lipinski definition) is 6. The molecule has 3 N–H and O–H groups in total. The number of hydrogen-bond donors (Lipinski definition) is 3. The number of nitrogens with one attached hydrogen (secondary N) is 3. The summed E-state index contributed by atoms with van der Waals surface area (Å²) >= 11 is 1.42. The van der Waals surface area contributed by atoms with Gasteiger partial charge in [0.15, 0.2) is 0 Å². The van der Waals surface area contributed by atoms with Crippen LogP contribution in [0.5, 0.6) is 0 Å². The van der Waals surface area contributed by atoms with Crippen molar-refractivity contribution in [3.05, 3.63) is 77.6 Å². The first-order valence-corrected chi connectivity index (χ1v) is 13.1. The molecule has 3 amide bonds. The van der Waals surface area contributed by atoms with Crippen molar-refractivity contribution in [2.45, 2.75) is 22.5 Å². The number of halogens is 3. The third-order valence-electron chi connectivity index (χ3n) is 6.20. The molecule has 1 saturated heterocycles. The number of carbonyl (C=O) groups is 2. The van der Waals surface area contributed by atoms with Gasteiger partial charge in [-0.05, 0) is 61.1 Å². The molecule has 0 spiro atoms. The van der Waals surface area contributed by atoms with Crippen LogP contribution in [-0.2, 0) is 12.7 Å². The monoisotopic (exact) mass is 558 g/mol. The Morgan fingerprint density at radius 2 is 1.59 bits per heavy atom. The first-order chi connectivity index (χ1) is 18.6. The fraction of sp³-hybridized carbons (Fsp3) is 0.296. The Labute approximate surface area is 229 Å². The normalized spacial score (nSPS) is 14.6. The third-order valence-corrected chi connectivity index (χ3v) is 7.20. The maximum Gasteiger partial charge on any atom is 0.416 e. The number of rotatable bonds is 7. The molecule has 2 heterocycles. The lowest BCUT2D eigenvalue weighted by Gasteiger charge is -2.33. The van der Waals surface area contributed by atoms with Crippen LogP contribution < -0.4 is 16.0 Å². The molecule has 3 aromatic rings. The summed E-state index contributed by atoms with van der Waals surface area (Å²) in [6.45, 7) is 3.22. The molecule has 8 nitrogen and oxygen atoms in total. The summed E-state index contributed by atoms with van der Waals surface area (Å²) in [5.74, 6) is -0.282. The van der Waals surface area contributed by atoms with Crippen LogP contribution in [0.2, 0.25) is 0 Å². The van der Waals surface area contributed by atoms with E-state index in [1.807, 2.05) is 11.9 Å². The molecular weight excluding hydrogens is 529 g/mol. The van der Waals surface area contributed by atoms with Gasteiger partial charge in [-0.3, -0.25) is 14.7 Å². The number of carbonyl (C=O) groups excluding carboxylic acids is 2. The Morgan fingerprint density at radius 3 is 2.26 bits per heavy atom. The fourth-order valence-corrected chi connectivity index (χ4v) is 4.91. The van der Waals surface area contributed by atoms with Crippen LogP contribution in [0.15, 0.2) is 70.6 Å². The number of alkyl halides is 3. The summed E-state index contributed by atoms with van der Waals surface area (Å²) in [6, 6.07) is 13.6. The molecule has 39 heavy (non-hydrogen) atoms. The third kappa shape index (κ3) is 7.94. The molecule has 1 aliphatic rings. The number of pyridine rings is 1. The molecule has 0 atom stereocenters. The van der Waals surface area contributed by atoms with Crippen molar-refractivity contribution in [2.75, 3.05) is 50.9 Å². The van der Waals surface area contributed by atoms with Gasteiger partial charge < -0.3 is 20.9 Å². The maximum absolute atomic E-state index is 13.8. The number of nitrogens with zero attached hydrogens (tertiary/aromatic N) is 3. The lowest BCUT2D eigenvalue weighted by Crippen LogP contribution is -2.44. The summed E-state index contributed by atoms with van der Waals surface area (Å²) < 4.78 is 41.5. The highest BCUT2D eigenvalue weighted by atomic mass is 32.2.